The zero-order chi connectivity index (χ0) is 22.5. The number of piperidine rings is 1. The molecule has 0 aliphatic carbocycles. The molecule has 0 unspecified atom stereocenters. The lowest BCUT2D eigenvalue weighted by molar-refractivity contribution is -0.124. The molecule has 0 N–H and O–H groups in total. The molecule has 1 aliphatic heterocycles. The number of hydrogen-bond donors (Lipinski definition) is 0. The molecule has 0 spiro atoms. The standard InChI is InChI=1S/C25H27Cl2FN2O.ClH/c1-17-12-19(13-20-9-4-5-10-23(20)28)16-30(25(17)31)24-21(26)14-18(15-22(24)27)8-6-7-11-29(2)3;/h4-5,9-10,14-15,17,19H,7,11-13,16H2,1-3H3;1H/t17-,19-;/m1./s1. The Morgan fingerprint density at radius 2 is 1.84 bits per heavy atom. The van der Waals surface area contributed by atoms with E-state index in [1.807, 2.05) is 27.1 Å². The number of halogens is 4. The fourth-order valence-electron chi connectivity index (χ4n) is 3.95. The zero-order valence-corrected chi connectivity index (χ0v) is 20.8. The van der Waals surface area contributed by atoms with E-state index in [0.29, 0.717) is 40.7 Å². The van der Waals surface area contributed by atoms with Gasteiger partial charge in [0, 0.05) is 31.0 Å². The molecule has 0 saturated carbocycles. The Kier molecular flexibility index (Phi) is 9.85. The third-order valence-electron chi connectivity index (χ3n) is 5.49. The van der Waals surface area contributed by atoms with E-state index in [1.54, 1.807) is 29.2 Å². The molecule has 2 atom stereocenters. The first-order chi connectivity index (χ1) is 14.8. The molecule has 2 aromatic rings. The highest BCUT2D eigenvalue weighted by molar-refractivity contribution is 6.40. The maximum Gasteiger partial charge on any atom is 0.229 e. The molecule has 32 heavy (non-hydrogen) atoms. The van der Waals surface area contributed by atoms with Crippen LogP contribution in [0.25, 0.3) is 0 Å². The fourth-order valence-corrected chi connectivity index (χ4v) is 4.64. The highest BCUT2D eigenvalue weighted by Gasteiger charge is 2.34. The van der Waals surface area contributed by atoms with Crippen LogP contribution in [0.3, 0.4) is 0 Å². The smallest absolute Gasteiger partial charge is 0.229 e. The van der Waals surface area contributed by atoms with Gasteiger partial charge in [-0.3, -0.25) is 4.79 Å². The van der Waals surface area contributed by atoms with E-state index in [4.69, 9.17) is 23.2 Å². The first-order valence-corrected chi connectivity index (χ1v) is 11.2. The van der Waals surface area contributed by atoms with Crippen molar-refractivity contribution in [1.29, 1.82) is 0 Å². The number of rotatable bonds is 5. The average Bonchev–Trinajstić information content (AvgIpc) is 2.70. The van der Waals surface area contributed by atoms with Gasteiger partial charge in [-0.25, -0.2) is 4.39 Å². The number of carbonyl (C=O) groups excluding carboxylic acids is 1. The van der Waals surface area contributed by atoms with E-state index in [2.05, 4.69) is 16.7 Å². The van der Waals surface area contributed by atoms with Gasteiger partial charge in [-0.05, 0) is 56.6 Å². The van der Waals surface area contributed by atoms with Crippen LogP contribution in [0.4, 0.5) is 10.1 Å². The van der Waals surface area contributed by atoms with Crippen molar-refractivity contribution in [1.82, 2.24) is 4.90 Å². The van der Waals surface area contributed by atoms with Crippen LogP contribution in [0, 0.1) is 29.5 Å². The summed E-state index contributed by atoms with van der Waals surface area (Å²) in [6, 6.07) is 10.3. The van der Waals surface area contributed by atoms with Crippen LogP contribution < -0.4 is 4.90 Å². The quantitative estimate of drug-likeness (QED) is 0.467. The molecule has 2 aromatic carbocycles. The van der Waals surface area contributed by atoms with Gasteiger partial charge in [0.15, 0.2) is 0 Å². The van der Waals surface area contributed by atoms with Crippen LogP contribution in [0.15, 0.2) is 36.4 Å². The van der Waals surface area contributed by atoms with Crippen molar-refractivity contribution in [3.05, 3.63) is 63.4 Å². The molecular weight excluding hydrogens is 470 g/mol. The van der Waals surface area contributed by atoms with E-state index in [1.165, 1.54) is 6.07 Å². The molecule has 0 bridgehead atoms. The number of anilines is 1. The number of nitrogens with zero attached hydrogens (tertiary/aromatic N) is 2. The van der Waals surface area contributed by atoms with Gasteiger partial charge in [0.05, 0.1) is 15.7 Å². The minimum atomic E-state index is -0.216. The second kappa shape index (κ2) is 11.9. The molecule has 3 nitrogen and oxygen atoms in total. The Balaban J connectivity index is 0.00000363. The van der Waals surface area contributed by atoms with Gasteiger partial charge in [-0.2, -0.15) is 0 Å². The topological polar surface area (TPSA) is 23.6 Å². The molecule has 1 amide bonds. The Morgan fingerprint density at radius 3 is 2.47 bits per heavy atom. The summed E-state index contributed by atoms with van der Waals surface area (Å²) in [5.41, 5.74) is 1.89. The van der Waals surface area contributed by atoms with Crippen LogP contribution in [0.1, 0.15) is 30.9 Å². The van der Waals surface area contributed by atoms with Gasteiger partial charge >= 0.3 is 0 Å². The van der Waals surface area contributed by atoms with E-state index in [-0.39, 0.29) is 36.0 Å². The fraction of sp³-hybridized carbons (Fsp3) is 0.400. The third-order valence-corrected chi connectivity index (χ3v) is 6.06. The van der Waals surface area contributed by atoms with Gasteiger partial charge in [0.25, 0.3) is 0 Å². The second-order valence-corrected chi connectivity index (χ2v) is 9.21. The van der Waals surface area contributed by atoms with Crippen LogP contribution >= 0.6 is 35.6 Å². The van der Waals surface area contributed by atoms with Crippen molar-refractivity contribution in [2.45, 2.75) is 26.2 Å². The van der Waals surface area contributed by atoms with Crippen molar-refractivity contribution in [2.75, 3.05) is 32.1 Å². The largest absolute Gasteiger partial charge is 0.309 e. The number of hydrogen-bond acceptors (Lipinski definition) is 2. The van der Waals surface area contributed by atoms with Crippen molar-refractivity contribution < 1.29 is 9.18 Å². The van der Waals surface area contributed by atoms with Gasteiger partial charge < -0.3 is 9.80 Å². The van der Waals surface area contributed by atoms with E-state index < -0.39 is 0 Å². The van der Waals surface area contributed by atoms with Gasteiger partial charge in [-0.15, -0.1) is 12.4 Å². The first kappa shape index (κ1) is 26.5. The minimum absolute atomic E-state index is 0. The summed E-state index contributed by atoms with van der Waals surface area (Å²) in [6.07, 6.45) is 2.00. The molecule has 0 aromatic heterocycles. The molecule has 7 heteroatoms. The monoisotopic (exact) mass is 496 g/mol. The van der Waals surface area contributed by atoms with Crippen LogP contribution in [0.5, 0.6) is 0 Å². The molecule has 0 radical (unpaired) electrons. The molecule has 1 aliphatic rings. The normalized spacial score (nSPS) is 18.2. The lowest BCUT2D eigenvalue weighted by Crippen LogP contribution is -2.45. The highest BCUT2D eigenvalue weighted by atomic mass is 35.5. The predicted octanol–water partition coefficient (Wildman–Crippen LogP) is 6.09. The number of carbonyl (C=O) groups is 1. The van der Waals surface area contributed by atoms with E-state index >= 15 is 0 Å². The Hall–Kier alpha value is -1.77. The molecule has 172 valence electrons. The summed E-state index contributed by atoms with van der Waals surface area (Å²) in [5.74, 6) is 5.90. The molecule has 1 heterocycles. The van der Waals surface area contributed by atoms with Crippen molar-refractivity contribution in [2.24, 2.45) is 11.8 Å². The predicted molar refractivity (Wildman–Crippen MR) is 133 cm³/mol. The van der Waals surface area contributed by atoms with Gasteiger partial charge in [0.2, 0.25) is 5.91 Å². The first-order valence-electron chi connectivity index (χ1n) is 10.4. The molecule has 1 saturated heterocycles. The number of amides is 1. The zero-order valence-electron chi connectivity index (χ0n) is 18.5. The van der Waals surface area contributed by atoms with Crippen LogP contribution in [-0.4, -0.2) is 38.0 Å². The number of benzene rings is 2. The summed E-state index contributed by atoms with van der Waals surface area (Å²) in [6.45, 7) is 3.22. The van der Waals surface area contributed by atoms with Crippen molar-refractivity contribution in [3.8, 4) is 11.8 Å². The summed E-state index contributed by atoms with van der Waals surface area (Å²) >= 11 is 13.1. The van der Waals surface area contributed by atoms with Crippen molar-refractivity contribution >= 4 is 47.2 Å². The van der Waals surface area contributed by atoms with Gasteiger partial charge in [-0.1, -0.05) is 60.2 Å². The SMILES string of the molecule is C[C@@H]1C[C@H](Cc2ccccc2F)CN(c2c(Cl)cc(C#CCCN(C)C)cc2Cl)C1=O.Cl. The lowest BCUT2D eigenvalue weighted by atomic mass is 9.85. The average molecular weight is 498 g/mol. The van der Waals surface area contributed by atoms with Crippen molar-refractivity contribution in [3.63, 3.8) is 0 Å². The Labute approximate surface area is 206 Å². The molecular formula is C25H28Cl3FN2O. The van der Waals surface area contributed by atoms with E-state index in [0.717, 1.165) is 18.5 Å². The van der Waals surface area contributed by atoms with Crippen LogP contribution in [-0.2, 0) is 11.2 Å². The minimum Gasteiger partial charge on any atom is -0.309 e. The van der Waals surface area contributed by atoms with Crippen LogP contribution in [0.2, 0.25) is 10.0 Å². The maximum absolute atomic E-state index is 14.1. The van der Waals surface area contributed by atoms with E-state index in [9.17, 15) is 9.18 Å². The highest BCUT2D eigenvalue weighted by Crippen LogP contribution is 2.39. The third kappa shape index (κ3) is 6.62. The lowest BCUT2D eigenvalue weighted by Gasteiger charge is -2.37. The summed E-state index contributed by atoms with van der Waals surface area (Å²) < 4.78 is 14.1. The molecule has 3 rings (SSSR count). The van der Waals surface area contributed by atoms with Gasteiger partial charge in [0.1, 0.15) is 5.82 Å². The maximum atomic E-state index is 14.1. The summed E-state index contributed by atoms with van der Waals surface area (Å²) in [5, 5.41) is 0.799. The second-order valence-electron chi connectivity index (χ2n) is 8.39. The molecule has 1 fully saturated rings. The summed E-state index contributed by atoms with van der Waals surface area (Å²) in [7, 11) is 4.00. The Bertz CT molecular complexity index is 993. The summed E-state index contributed by atoms with van der Waals surface area (Å²) in [4.78, 5) is 16.7. The Morgan fingerprint density at radius 1 is 1.19 bits per heavy atom.